The molecular formula is C13H18ClNO3. The highest BCUT2D eigenvalue weighted by atomic mass is 35.5. The van der Waals surface area contributed by atoms with Crippen molar-refractivity contribution >= 4 is 17.6 Å². The van der Waals surface area contributed by atoms with Crippen molar-refractivity contribution in [3.8, 4) is 5.75 Å². The number of hydrogen-bond donors (Lipinski definition) is 2. The minimum Gasteiger partial charge on any atom is -0.491 e. The molecule has 2 N–H and O–H groups in total. The van der Waals surface area contributed by atoms with Gasteiger partial charge in [-0.15, -0.1) is 0 Å². The maximum absolute atomic E-state index is 10.9. The number of carboxylic acids is 1. The summed E-state index contributed by atoms with van der Waals surface area (Å²) in [5, 5.41) is 12.5. The topological polar surface area (TPSA) is 58.6 Å². The molecule has 18 heavy (non-hydrogen) atoms. The zero-order valence-corrected chi connectivity index (χ0v) is 11.5. The van der Waals surface area contributed by atoms with Gasteiger partial charge in [-0.1, -0.05) is 17.7 Å². The van der Waals surface area contributed by atoms with Crippen molar-refractivity contribution in [3.05, 3.63) is 28.8 Å². The molecule has 0 unspecified atom stereocenters. The van der Waals surface area contributed by atoms with E-state index in [1.165, 1.54) is 0 Å². The number of rotatable bonds is 6. The molecule has 0 saturated carbocycles. The van der Waals surface area contributed by atoms with E-state index in [0.29, 0.717) is 10.8 Å². The molecule has 100 valence electrons. The summed E-state index contributed by atoms with van der Waals surface area (Å²) in [6, 6.07) is 5.46. The first-order chi connectivity index (χ1) is 8.36. The molecule has 0 aliphatic rings. The summed E-state index contributed by atoms with van der Waals surface area (Å²) in [5.74, 6) is -0.392. The van der Waals surface area contributed by atoms with Crippen LogP contribution < -0.4 is 10.1 Å². The van der Waals surface area contributed by atoms with Gasteiger partial charge in [-0.05, 0) is 38.6 Å². The van der Waals surface area contributed by atoms with E-state index < -0.39 is 11.4 Å². The van der Waals surface area contributed by atoms with Gasteiger partial charge in [0.2, 0.25) is 0 Å². The minimum absolute atomic E-state index is 0.0768. The Labute approximate surface area is 112 Å². The molecule has 0 aliphatic carbocycles. The first kappa shape index (κ1) is 14.8. The van der Waals surface area contributed by atoms with E-state index in [9.17, 15) is 4.79 Å². The first-order valence-corrected chi connectivity index (χ1v) is 6.04. The predicted molar refractivity (Wildman–Crippen MR) is 71.1 cm³/mol. The molecule has 1 aromatic carbocycles. The van der Waals surface area contributed by atoms with E-state index >= 15 is 0 Å². The molecule has 0 amide bonds. The van der Waals surface area contributed by atoms with E-state index in [1.54, 1.807) is 26.0 Å². The lowest BCUT2D eigenvalue weighted by molar-refractivity contribution is -0.148. The smallest absolute Gasteiger partial charge is 0.312 e. The zero-order valence-electron chi connectivity index (χ0n) is 10.8. The second-order valence-electron chi connectivity index (χ2n) is 4.77. The first-order valence-electron chi connectivity index (χ1n) is 5.66. The molecule has 1 rings (SSSR count). The highest BCUT2D eigenvalue weighted by Crippen LogP contribution is 2.27. The molecule has 4 nitrogen and oxygen atoms in total. The summed E-state index contributed by atoms with van der Waals surface area (Å²) < 4.78 is 5.46. The Balaban J connectivity index is 2.71. The van der Waals surface area contributed by atoms with Crippen LogP contribution in [0.3, 0.4) is 0 Å². The van der Waals surface area contributed by atoms with Crippen molar-refractivity contribution in [2.24, 2.45) is 5.41 Å². The standard InChI is InChI=1S/C13H18ClNO3/c1-13(2,12(16)17)8-18-11-5-4-9(7-15-3)6-10(11)14/h4-6,15H,7-8H2,1-3H3,(H,16,17). The summed E-state index contributed by atoms with van der Waals surface area (Å²) in [4.78, 5) is 10.9. The van der Waals surface area contributed by atoms with Gasteiger partial charge in [0.15, 0.2) is 0 Å². The Hall–Kier alpha value is -1.26. The molecule has 0 atom stereocenters. The number of nitrogens with one attached hydrogen (secondary N) is 1. The van der Waals surface area contributed by atoms with Crippen LogP contribution in [0.4, 0.5) is 0 Å². The van der Waals surface area contributed by atoms with Crippen LogP contribution in [0, 0.1) is 5.41 Å². The van der Waals surface area contributed by atoms with Gasteiger partial charge in [-0.3, -0.25) is 4.79 Å². The van der Waals surface area contributed by atoms with Crippen LogP contribution in [-0.2, 0) is 11.3 Å². The lowest BCUT2D eigenvalue weighted by Gasteiger charge is -2.20. The molecule has 5 heteroatoms. The quantitative estimate of drug-likeness (QED) is 0.835. The largest absolute Gasteiger partial charge is 0.491 e. The Bertz CT molecular complexity index is 432. The van der Waals surface area contributed by atoms with E-state index in [-0.39, 0.29) is 6.61 Å². The number of ether oxygens (including phenoxy) is 1. The number of hydrogen-bond acceptors (Lipinski definition) is 3. The van der Waals surface area contributed by atoms with Crippen molar-refractivity contribution in [1.29, 1.82) is 0 Å². The van der Waals surface area contributed by atoms with Gasteiger partial charge in [0.05, 0.1) is 10.4 Å². The Morgan fingerprint density at radius 3 is 2.67 bits per heavy atom. The third-order valence-electron chi connectivity index (χ3n) is 2.54. The molecule has 0 aromatic heterocycles. The van der Waals surface area contributed by atoms with Crippen LogP contribution in [0.15, 0.2) is 18.2 Å². The van der Waals surface area contributed by atoms with Crippen LogP contribution in [0.5, 0.6) is 5.75 Å². The number of halogens is 1. The number of carboxylic acid groups (broad SMARTS) is 1. The van der Waals surface area contributed by atoms with Crippen LogP contribution >= 0.6 is 11.6 Å². The van der Waals surface area contributed by atoms with Gasteiger partial charge in [0.1, 0.15) is 12.4 Å². The fraction of sp³-hybridized carbons (Fsp3) is 0.462. The van der Waals surface area contributed by atoms with Crippen molar-refractivity contribution in [2.45, 2.75) is 20.4 Å². The van der Waals surface area contributed by atoms with Crippen LogP contribution in [0.25, 0.3) is 0 Å². The SMILES string of the molecule is CNCc1ccc(OCC(C)(C)C(=O)O)c(Cl)c1. The average Bonchev–Trinajstić information content (AvgIpc) is 2.28. The molecule has 0 aliphatic heterocycles. The average molecular weight is 272 g/mol. The summed E-state index contributed by atoms with van der Waals surface area (Å²) in [5.41, 5.74) is 0.111. The fourth-order valence-electron chi connectivity index (χ4n) is 1.30. The van der Waals surface area contributed by atoms with Gasteiger partial charge in [-0.2, -0.15) is 0 Å². The molecule has 0 radical (unpaired) electrons. The van der Waals surface area contributed by atoms with Gasteiger partial charge in [0.25, 0.3) is 0 Å². The Morgan fingerprint density at radius 2 is 2.17 bits per heavy atom. The van der Waals surface area contributed by atoms with Gasteiger partial charge >= 0.3 is 5.97 Å². The maximum atomic E-state index is 10.9. The van der Waals surface area contributed by atoms with Gasteiger partial charge in [-0.25, -0.2) is 0 Å². The van der Waals surface area contributed by atoms with Crippen molar-refractivity contribution in [1.82, 2.24) is 5.32 Å². The highest BCUT2D eigenvalue weighted by molar-refractivity contribution is 6.32. The summed E-state index contributed by atoms with van der Waals surface area (Å²) in [7, 11) is 1.85. The molecule has 0 fully saturated rings. The number of aliphatic carboxylic acids is 1. The molecule has 0 heterocycles. The van der Waals surface area contributed by atoms with Crippen molar-refractivity contribution < 1.29 is 14.6 Å². The Kier molecular flexibility index (Phi) is 4.99. The molecule has 0 spiro atoms. The van der Waals surface area contributed by atoms with Gasteiger partial charge < -0.3 is 15.2 Å². The van der Waals surface area contributed by atoms with Gasteiger partial charge in [0, 0.05) is 6.54 Å². The molecule has 0 bridgehead atoms. The van der Waals surface area contributed by atoms with Crippen molar-refractivity contribution in [2.75, 3.05) is 13.7 Å². The normalized spacial score (nSPS) is 11.3. The monoisotopic (exact) mass is 271 g/mol. The second kappa shape index (κ2) is 6.07. The molecular weight excluding hydrogens is 254 g/mol. The van der Waals surface area contributed by atoms with Crippen molar-refractivity contribution in [3.63, 3.8) is 0 Å². The second-order valence-corrected chi connectivity index (χ2v) is 5.18. The summed E-state index contributed by atoms with van der Waals surface area (Å²) >= 11 is 6.07. The van der Waals surface area contributed by atoms with E-state index in [1.807, 2.05) is 13.1 Å². The fourth-order valence-corrected chi connectivity index (χ4v) is 1.55. The summed E-state index contributed by atoms with van der Waals surface area (Å²) in [6.45, 7) is 4.02. The Morgan fingerprint density at radius 1 is 1.50 bits per heavy atom. The lowest BCUT2D eigenvalue weighted by Crippen LogP contribution is -2.30. The maximum Gasteiger partial charge on any atom is 0.312 e. The molecule has 1 aromatic rings. The lowest BCUT2D eigenvalue weighted by atomic mass is 9.95. The predicted octanol–water partition coefficient (Wildman–Crippen LogP) is 2.55. The zero-order chi connectivity index (χ0) is 13.8. The third kappa shape index (κ3) is 3.89. The van der Waals surface area contributed by atoms with Crippen LogP contribution in [-0.4, -0.2) is 24.7 Å². The third-order valence-corrected chi connectivity index (χ3v) is 2.84. The molecule has 0 saturated heterocycles. The van der Waals surface area contributed by atoms with Crippen LogP contribution in [0.2, 0.25) is 5.02 Å². The highest BCUT2D eigenvalue weighted by Gasteiger charge is 2.28. The number of carbonyl (C=O) groups is 1. The van der Waals surface area contributed by atoms with Crippen LogP contribution in [0.1, 0.15) is 19.4 Å². The van der Waals surface area contributed by atoms with E-state index in [2.05, 4.69) is 5.32 Å². The summed E-state index contributed by atoms with van der Waals surface area (Å²) in [6.07, 6.45) is 0. The number of benzene rings is 1. The van der Waals surface area contributed by atoms with E-state index in [4.69, 9.17) is 21.4 Å². The minimum atomic E-state index is -0.938. The van der Waals surface area contributed by atoms with E-state index in [0.717, 1.165) is 12.1 Å².